The molecule has 0 saturated heterocycles. The van der Waals surface area contributed by atoms with Crippen LogP contribution in [-0.4, -0.2) is 53.3 Å². The quantitative estimate of drug-likeness (QED) is 0.556. The minimum Gasteiger partial charge on any atom is -0.493 e. The fraction of sp³-hybridized carbons (Fsp3) is 0.278. The lowest BCUT2D eigenvalue weighted by atomic mass is 10.0. The third-order valence-corrected chi connectivity index (χ3v) is 3.71. The highest BCUT2D eigenvalue weighted by Gasteiger charge is 2.20. The maximum absolute atomic E-state index is 11.0. The number of aliphatic hydroxyl groups is 3. The van der Waals surface area contributed by atoms with Crippen LogP contribution < -0.4 is 14.2 Å². The molecule has 4 N–H and O–H groups in total. The molecule has 2 aromatic rings. The van der Waals surface area contributed by atoms with E-state index in [1.165, 1.54) is 50.6 Å². The number of rotatable bonds is 8. The fourth-order valence-electron chi connectivity index (χ4n) is 2.28. The Morgan fingerprint density at radius 1 is 0.962 bits per heavy atom. The van der Waals surface area contributed by atoms with E-state index in [2.05, 4.69) is 0 Å². The van der Waals surface area contributed by atoms with Crippen molar-refractivity contribution in [1.82, 2.24) is 0 Å². The second-order valence-corrected chi connectivity index (χ2v) is 5.38. The summed E-state index contributed by atoms with van der Waals surface area (Å²) in [6.45, 7) is -0.588. The molecule has 0 bridgehead atoms. The van der Waals surface area contributed by atoms with E-state index in [4.69, 9.17) is 24.4 Å². The normalized spacial score (nSPS) is 13.0. The molecule has 0 unspecified atom stereocenters. The third kappa shape index (κ3) is 4.23. The maximum Gasteiger partial charge on any atom is 0.335 e. The average Bonchev–Trinajstić information content (AvgIpc) is 2.67. The largest absolute Gasteiger partial charge is 0.493 e. The highest BCUT2D eigenvalue weighted by atomic mass is 16.5. The lowest BCUT2D eigenvalue weighted by Crippen LogP contribution is -2.22. The van der Waals surface area contributed by atoms with E-state index in [1.54, 1.807) is 0 Å². The van der Waals surface area contributed by atoms with Crippen molar-refractivity contribution in [3.05, 3.63) is 47.5 Å². The van der Waals surface area contributed by atoms with Gasteiger partial charge in [0.2, 0.25) is 0 Å². The molecular formula is C18H20O8. The Kier molecular flexibility index (Phi) is 6.40. The van der Waals surface area contributed by atoms with Crippen LogP contribution >= 0.6 is 0 Å². The highest BCUT2D eigenvalue weighted by molar-refractivity contribution is 5.88. The first kappa shape index (κ1) is 19.5. The highest BCUT2D eigenvalue weighted by Crippen LogP contribution is 2.38. The first-order chi connectivity index (χ1) is 12.4. The van der Waals surface area contributed by atoms with Gasteiger partial charge in [-0.3, -0.25) is 0 Å². The molecule has 2 rings (SSSR count). The predicted molar refractivity (Wildman–Crippen MR) is 91.1 cm³/mol. The van der Waals surface area contributed by atoms with Crippen molar-refractivity contribution in [2.24, 2.45) is 0 Å². The topological polar surface area (TPSA) is 126 Å². The molecule has 0 radical (unpaired) electrons. The van der Waals surface area contributed by atoms with Gasteiger partial charge in [-0.05, 0) is 35.9 Å². The zero-order chi connectivity index (χ0) is 19.3. The van der Waals surface area contributed by atoms with E-state index in [-0.39, 0.29) is 22.8 Å². The molecule has 0 aliphatic rings. The first-order valence-electron chi connectivity index (χ1n) is 7.65. The number of benzene rings is 2. The molecule has 0 amide bonds. The van der Waals surface area contributed by atoms with Crippen molar-refractivity contribution >= 4 is 5.97 Å². The van der Waals surface area contributed by atoms with Crippen LogP contribution in [0.15, 0.2) is 36.4 Å². The molecule has 0 aromatic heterocycles. The summed E-state index contributed by atoms with van der Waals surface area (Å²) in [5, 5.41) is 37.5. The Bertz CT molecular complexity index is 774. The summed E-state index contributed by atoms with van der Waals surface area (Å²) in [4.78, 5) is 11.0. The molecule has 0 aliphatic heterocycles. The van der Waals surface area contributed by atoms with E-state index in [0.29, 0.717) is 11.3 Å². The predicted octanol–water partition coefficient (Wildman–Crippen LogP) is 1.58. The van der Waals surface area contributed by atoms with Gasteiger partial charge in [0.05, 0.1) is 26.4 Å². The van der Waals surface area contributed by atoms with Crippen LogP contribution in [0.25, 0.3) is 0 Å². The summed E-state index contributed by atoms with van der Waals surface area (Å²) < 4.78 is 16.1. The molecule has 0 saturated carbocycles. The average molecular weight is 364 g/mol. The standard InChI is InChI=1S/C18H20O8/c1-24-15-7-10(17(21)12(20)9-19)3-5-13(15)26-14-6-4-11(18(22)23)8-16(14)25-2/h3-8,12,17,19-21H,9H2,1-2H3,(H,22,23)/t12-,17+/m0/s1. The van der Waals surface area contributed by atoms with E-state index >= 15 is 0 Å². The van der Waals surface area contributed by atoms with Crippen LogP contribution in [0.1, 0.15) is 22.0 Å². The van der Waals surface area contributed by atoms with Crippen molar-refractivity contribution in [2.45, 2.75) is 12.2 Å². The second kappa shape index (κ2) is 8.52. The molecule has 2 aromatic carbocycles. The van der Waals surface area contributed by atoms with Gasteiger partial charge in [-0.1, -0.05) is 6.07 Å². The molecule has 0 heterocycles. The van der Waals surface area contributed by atoms with Crippen LogP contribution in [0.2, 0.25) is 0 Å². The molecule has 0 fully saturated rings. The van der Waals surface area contributed by atoms with Crippen LogP contribution in [0, 0.1) is 0 Å². The van der Waals surface area contributed by atoms with Crippen molar-refractivity contribution in [3.8, 4) is 23.0 Å². The van der Waals surface area contributed by atoms with E-state index in [1.807, 2.05) is 0 Å². The third-order valence-electron chi connectivity index (χ3n) is 3.71. The Hall–Kier alpha value is -2.81. The van der Waals surface area contributed by atoms with Crippen molar-refractivity contribution in [2.75, 3.05) is 20.8 Å². The number of carbonyl (C=O) groups is 1. The molecule has 8 nitrogen and oxygen atoms in total. The number of hydrogen-bond donors (Lipinski definition) is 4. The van der Waals surface area contributed by atoms with Gasteiger partial charge in [0.25, 0.3) is 0 Å². The van der Waals surface area contributed by atoms with E-state index in [9.17, 15) is 15.0 Å². The van der Waals surface area contributed by atoms with Crippen LogP contribution in [0.4, 0.5) is 0 Å². The Labute approximate surface area is 149 Å². The number of hydrogen-bond acceptors (Lipinski definition) is 7. The molecule has 2 atom stereocenters. The number of aliphatic hydroxyl groups excluding tert-OH is 3. The zero-order valence-electron chi connectivity index (χ0n) is 14.2. The second-order valence-electron chi connectivity index (χ2n) is 5.38. The van der Waals surface area contributed by atoms with Gasteiger partial charge in [0.1, 0.15) is 12.2 Å². The number of carboxylic acids is 1. The van der Waals surface area contributed by atoms with Gasteiger partial charge in [-0.15, -0.1) is 0 Å². The summed E-state index contributed by atoms with van der Waals surface area (Å²) in [5.74, 6) is -0.0150. The summed E-state index contributed by atoms with van der Waals surface area (Å²) in [6.07, 6.45) is -2.61. The monoisotopic (exact) mass is 364 g/mol. The molecule has 8 heteroatoms. The van der Waals surface area contributed by atoms with Gasteiger partial charge in [0, 0.05) is 0 Å². The van der Waals surface area contributed by atoms with Crippen molar-refractivity contribution in [1.29, 1.82) is 0 Å². The van der Waals surface area contributed by atoms with Crippen LogP contribution in [0.3, 0.4) is 0 Å². The first-order valence-corrected chi connectivity index (χ1v) is 7.65. The lowest BCUT2D eigenvalue weighted by Gasteiger charge is -2.18. The fourth-order valence-corrected chi connectivity index (χ4v) is 2.28. The van der Waals surface area contributed by atoms with Gasteiger partial charge >= 0.3 is 5.97 Å². The zero-order valence-corrected chi connectivity index (χ0v) is 14.2. The Morgan fingerprint density at radius 2 is 1.54 bits per heavy atom. The van der Waals surface area contributed by atoms with E-state index < -0.39 is 24.8 Å². The van der Waals surface area contributed by atoms with Gasteiger partial charge < -0.3 is 34.6 Å². The summed E-state index contributed by atoms with van der Waals surface area (Å²) in [7, 11) is 2.80. The summed E-state index contributed by atoms with van der Waals surface area (Å²) in [5.41, 5.74) is 0.390. The van der Waals surface area contributed by atoms with Crippen LogP contribution in [0.5, 0.6) is 23.0 Å². The Balaban J connectivity index is 2.33. The molecule has 140 valence electrons. The van der Waals surface area contributed by atoms with Crippen molar-refractivity contribution < 1.29 is 39.4 Å². The van der Waals surface area contributed by atoms with Gasteiger partial charge in [-0.25, -0.2) is 4.79 Å². The minimum atomic E-state index is -1.32. The number of ether oxygens (including phenoxy) is 3. The molecule has 0 spiro atoms. The van der Waals surface area contributed by atoms with E-state index in [0.717, 1.165) is 0 Å². The van der Waals surface area contributed by atoms with Gasteiger partial charge in [-0.2, -0.15) is 0 Å². The number of aromatic carboxylic acids is 1. The lowest BCUT2D eigenvalue weighted by molar-refractivity contribution is -0.0153. The summed E-state index contributed by atoms with van der Waals surface area (Å²) in [6, 6.07) is 8.67. The molecule has 26 heavy (non-hydrogen) atoms. The molecule has 0 aliphatic carbocycles. The Morgan fingerprint density at radius 3 is 2.08 bits per heavy atom. The maximum atomic E-state index is 11.0. The smallest absolute Gasteiger partial charge is 0.335 e. The van der Waals surface area contributed by atoms with Gasteiger partial charge in [0.15, 0.2) is 23.0 Å². The van der Waals surface area contributed by atoms with Crippen molar-refractivity contribution in [3.63, 3.8) is 0 Å². The number of carboxylic acid groups (broad SMARTS) is 1. The van der Waals surface area contributed by atoms with Crippen LogP contribution in [-0.2, 0) is 0 Å². The SMILES string of the molecule is COc1cc(C(=O)O)ccc1Oc1ccc([C@@H](O)[C@@H](O)CO)cc1OC. The minimum absolute atomic E-state index is 0.0534. The molecular weight excluding hydrogens is 344 g/mol. The summed E-state index contributed by atoms with van der Waals surface area (Å²) >= 11 is 0. The number of methoxy groups -OCH3 is 2.